The molecule has 0 aliphatic carbocycles. The molecule has 2 aromatic heterocycles. The van der Waals surface area contributed by atoms with Crippen molar-refractivity contribution in [3.63, 3.8) is 0 Å². The Morgan fingerprint density at radius 3 is 2.64 bits per heavy atom. The van der Waals surface area contributed by atoms with Crippen molar-refractivity contribution in [2.45, 2.75) is 52.3 Å². The molecule has 1 unspecified atom stereocenters. The molecular formula is C26H36F3N5O2. The van der Waals surface area contributed by atoms with E-state index >= 15 is 0 Å². The predicted molar refractivity (Wildman–Crippen MR) is 135 cm³/mol. The van der Waals surface area contributed by atoms with E-state index in [1.807, 2.05) is 25.3 Å². The molecule has 7 nitrogen and oxygen atoms in total. The van der Waals surface area contributed by atoms with Crippen molar-refractivity contribution in [3.8, 4) is 0 Å². The van der Waals surface area contributed by atoms with E-state index in [-0.39, 0.29) is 36.8 Å². The highest BCUT2D eigenvalue weighted by Gasteiger charge is 2.33. The Morgan fingerprint density at radius 2 is 2.00 bits per heavy atom. The molecule has 0 aromatic carbocycles. The normalized spacial score (nSPS) is 16.1. The van der Waals surface area contributed by atoms with Gasteiger partial charge in [0.05, 0.1) is 12.7 Å². The zero-order valence-electron chi connectivity index (χ0n) is 21.2. The van der Waals surface area contributed by atoms with Gasteiger partial charge in [0.1, 0.15) is 0 Å². The number of aromatic amines is 1. The summed E-state index contributed by atoms with van der Waals surface area (Å²) in [6, 6.07) is 0.147. The maximum Gasteiger partial charge on any atom is 0.401 e. The molecule has 198 valence electrons. The highest BCUT2D eigenvalue weighted by atomic mass is 19.4. The Kier molecular flexibility index (Phi) is 9.42. The average molecular weight is 508 g/mol. The molecule has 36 heavy (non-hydrogen) atoms. The number of nitrogens with zero attached hydrogens (tertiary/aromatic N) is 3. The Bertz CT molecular complexity index is 1030. The van der Waals surface area contributed by atoms with Gasteiger partial charge < -0.3 is 19.6 Å². The number of hydrogen-bond donors (Lipinski definition) is 2. The molecule has 2 N–H and O–H groups in total. The van der Waals surface area contributed by atoms with Gasteiger partial charge in [-0.25, -0.2) is 4.98 Å². The molecule has 0 radical (unpaired) electrons. The molecule has 1 amide bonds. The molecule has 0 bridgehead atoms. The summed E-state index contributed by atoms with van der Waals surface area (Å²) in [5.41, 5.74) is 3.24. The van der Waals surface area contributed by atoms with E-state index < -0.39 is 12.7 Å². The molecule has 1 aliphatic rings. The number of alkyl halides is 3. The van der Waals surface area contributed by atoms with Crippen molar-refractivity contribution in [2.24, 2.45) is 5.92 Å². The van der Waals surface area contributed by atoms with Gasteiger partial charge in [-0.15, -0.1) is 0 Å². The molecule has 2 aromatic rings. The fourth-order valence-electron chi connectivity index (χ4n) is 4.31. The second-order valence-electron chi connectivity index (χ2n) is 9.68. The Hall–Kier alpha value is -3.01. The van der Waals surface area contributed by atoms with Crippen molar-refractivity contribution < 1.29 is 22.4 Å². The SMILES string of the molecule is C=C/C=C\c1c(CC(CCC(C)C)NC(=O)c2cnc(N3CCN(CC(F)(F)F)CC3)o2)c[nH]c1C. The quantitative estimate of drug-likeness (QED) is 0.420. The van der Waals surface area contributed by atoms with Crippen LogP contribution in [-0.2, 0) is 6.42 Å². The van der Waals surface area contributed by atoms with Gasteiger partial charge in [0, 0.05) is 44.1 Å². The number of hydrogen-bond acceptors (Lipinski definition) is 5. The smallest absolute Gasteiger partial charge is 0.401 e. The molecule has 1 saturated heterocycles. The van der Waals surface area contributed by atoms with Gasteiger partial charge in [0.25, 0.3) is 11.9 Å². The van der Waals surface area contributed by atoms with Crippen molar-refractivity contribution in [1.82, 2.24) is 20.2 Å². The molecule has 1 atom stereocenters. The summed E-state index contributed by atoms with van der Waals surface area (Å²) in [7, 11) is 0. The number of aromatic nitrogens is 2. The third kappa shape index (κ3) is 8.01. The van der Waals surface area contributed by atoms with Crippen molar-refractivity contribution in [3.05, 3.63) is 53.7 Å². The van der Waals surface area contributed by atoms with E-state index in [4.69, 9.17) is 4.42 Å². The number of oxazole rings is 1. The number of allylic oxidation sites excluding steroid dienone is 2. The molecule has 0 saturated carbocycles. The van der Waals surface area contributed by atoms with Crippen LogP contribution in [0.25, 0.3) is 6.08 Å². The zero-order valence-corrected chi connectivity index (χ0v) is 21.2. The van der Waals surface area contributed by atoms with Crippen molar-refractivity contribution in [2.75, 3.05) is 37.6 Å². The van der Waals surface area contributed by atoms with E-state index in [1.54, 1.807) is 11.0 Å². The van der Waals surface area contributed by atoms with Crippen LogP contribution in [0.3, 0.4) is 0 Å². The number of rotatable bonds is 11. The van der Waals surface area contributed by atoms with E-state index in [9.17, 15) is 18.0 Å². The monoisotopic (exact) mass is 507 g/mol. The zero-order chi connectivity index (χ0) is 26.3. The van der Waals surface area contributed by atoms with Crippen molar-refractivity contribution in [1.29, 1.82) is 0 Å². The highest BCUT2D eigenvalue weighted by Crippen LogP contribution is 2.22. The lowest BCUT2D eigenvalue weighted by Crippen LogP contribution is -2.49. The van der Waals surface area contributed by atoms with Gasteiger partial charge in [-0.2, -0.15) is 13.2 Å². The summed E-state index contributed by atoms with van der Waals surface area (Å²) in [6.45, 7) is 10.3. The predicted octanol–water partition coefficient (Wildman–Crippen LogP) is 4.97. The minimum Gasteiger partial charge on any atom is -0.418 e. The van der Waals surface area contributed by atoms with Crippen LogP contribution in [0.4, 0.5) is 19.2 Å². The minimum atomic E-state index is -4.22. The first-order valence-corrected chi connectivity index (χ1v) is 12.3. The number of piperazine rings is 1. The maximum absolute atomic E-state index is 13.0. The average Bonchev–Trinajstić information content (AvgIpc) is 3.43. The molecule has 3 heterocycles. The Labute approximate surface area is 210 Å². The van der Waals surface area contributed by atoms with E-state index in [0.717, 1.165) is 29.7 Å². The topological polar surface area (TPSA) is 77.4 Å². The number of H-pyrrole nitrogens is 1. The first-order valence-electron chi connectivity index (χ1n) is 12.3. The lowest BCUT2D eigenvalue weighted by atomic mass is 9.96. The number of amides is 1. The van der Waals surface area contributed by atoms with Gasteiger partial charge in [0.2, 0.25) is 5.76 Å². The number of carbonyl (C=O) groups is 1. The number of anilines is 1. The van der Waals surface area contributed by atoms with Crippen LogP contribution >= 0.6 is 0 Å². The van der Waals surface area contributed by atoms with E-state index in [1.165, 1.54) is 11.1 Å². The fourth-order valence-corrected chi connectivity index (χ4v) is 4.31. The summed E-state index contributed by atoms with van der Waals surface area (Å²) in [5.74, 6) is 0.230. The molecular weight excluding hydrogens is 471 g/mol. The summed E-state index contributed by atoms with van der Waals surface area (Å²) < 4.78 is 43.6. The Balaban J connectivity index is 1.64. The molecule has 1 fully saturated rings. The number of aryl methyl sites for hydroxylation is 1. The molecule has 10 heteroatoms. The summed E-state index contributed by atoms with van der Waals surface area (Å²) in [4.78, 5) is 23.6. The fraction of sp³-hybridized carbons (Fsp3) is 0.538. The summed E-state index contributed by atoms with van der Waals surface area (Å²) in [5, 5.41) is 3.10. The van der Waals surface area contributed by atoms with Crippen LogP contribution in [0.2, 0.25) is 0 Å². The minimum absolute atomic E-state index is 0.0919. The molecule has 0 spiro atoms. The van der Waals surface area contributed by atoms with Crippen LogP contribution in [-0.4, -0.2) is 65.7 Å². The van der Waals surface area contributed by atoms with Crippen LogP contribution in [0, 0.1) is 12.8 Å². The Morgan fingerprint density at radius 1 is 1.28 bits per heavy atom. The standard InChI is InChI=1S/C26H36F3N5O2/c1-5-6-7-22-19(4)30-15-20(22)14-21(9-8-18(2)3)32-24(35)23-16-31-25(36-23)34-12-10-33(11-13-34)17-26(27,28)29/h5-7,15-16,18,21,30H,1,8-14,17H2,2-4H3,(H,32,35)/b7-6-. The van der Waals surface area contributed by atoms with Crippen LogP contribution < -0.4 is 10.2 Å². The van der Waals surface area contributed by atoms with Crippen LogP contribution in [0.15, 0.2) is 35.5 Å². The molecule has 1 aliphatic heterocycles. The first-order chi connectivity index (χ1) is 17.1. The van der Waals surface area contributed by atoms with Crippen LogP contribution in [0.5, 0.6) is 0 Å². The number of carbonyl (C=O) groups excluding carboxylic acids is 1. The second-order valence-corrected chi connectivity index (χ2v) is 9.68. The number of halogens is 3. The van der Waals surface area contributed by atoms with E-state index in [0.29, 0.717) is 25.4 Å². The third-order valence-electron chi connectivity index (χ3n) is 6.27. The summed E-state index contributed by atoms with van der Waals surface area (Å²) >= 11 is 0. The van der Waals surface area contributed by atoms with Gasteiger partial charge >= 0.3 is 6.18 Å². The maximum atomic E-state index is 13.0. The highest BCUT2D eigenvalue weighted by molar-refractivity contribution is 5.91. The van der Waals surface area contributed by atoms with Gasteiger partial charge in [-0.3, -0.25) is 9.69 Å². The number of nitrogens with one attached hydrogen (secondary N) is 2. The van der Waals surface area contributed by atoms with Crippen molar-refractivity contribution >= 4 is 18.0 Å². The lowest BCUT2D eigenvalue weighted by molar-refractivity contribution is -0.146. The lowest BCUT2D eigenvalue weighted by Gasteiger charge is -2.34. The van der Waals surface area contributed by atoms with Gasteiger partial charge in [-0.1, -0.05) is 38.7 Å². The molecule has 3 rings (SSSR count). The third-order valence-corrected chi connectivity index (χ3v) is 6.27. The van der Waals surface area contributed by atoms with Gasteiger partial charge in [-0.05, 0) is 43.2 Å². The first kappa shape index (κ1) is 27.6. The van der Waals surface area contributed by atoms with Crippen LogP contribution in [0.1, 0.15) is 54.1 Å². The largest absolute Gasteiger partial charge is 0.418 e. The summed E-state index contributed by atoms with van der Waals surface area (Å²) in [6.07, 6.45) is 7.17. The second kappa shape index (κ2) is 12.3. The van der Waals surface area contributed by atoms with E-state index in [2.05, 4.69) is 35.7 Å². The van der Waals surface area contributed by atoms with Gasteiger partial charge in [0.15, 0.2) is 0 Å².